The van der Waals surface area contributed by atoms with Crippen molar-refractivity contribution in [3.05, 3.63) is 11.4 Å². The van der Waals surface area contributed by atoms with Crippen LogP contribution >= 0.6 is 0 Å². The summed E-state index contributed by atoms with van der Waals surface area (Å²) in [6.45, 7) is 11.3. The van der Waals surface area contributed by atoms with Crippen molar-refractivity contribution in [1.82, 2.24) is 9.78 Å². The number of amides is 1. The van der Waals surface area contributed by atoms with Gasteiger partial charge in [0.25, 0.3) is 0 Å². The number of anilines is 1. The van der Waals surface area contributed by atoms with Crippen molar-refractivity contribution < 1.29 is 9.53 Å². The second-order valence-electron chi connectivity index (χ2n) is 6.05. The van der Waals surface area contributed by atoms with E-state index in [2.05, 4.69) is 10.4 Å². The molecule has 0 radical (unpaired) electrons. The van der Waals surface area contributed by atoms with Gasteiger partial charge in [0.2, 0.25) is 5.91 Å². The van der Waals surface area contributed by atoms with Crippen LogP contribution in [-0.2, 0) is 16.1 Å². The van der Waals surface area contributed by atoms with Gasteiger partial charge in [0, 0.05) is 13.5 Å². The second kappa shape index (κ2) is 6.19. The van der Waals surface area contributed by atoms with E-state index in [4.69, 9.17) is 4.74 Å². The highest BCUT2D eigenvalue weighted by Crippen LogP contribution is 2.23. The van der Waals surface area contributed by atoms with Crippen LogP contribution in [0, 0.1) is 19.3 Å². The number of methoxy groups -OCH3 is 1. The SMILES string of the molecule is COCCn1nc(C)c(NC(=O)CC(C)(C)C)c1C. The van der Waals surface area contributed by atoms with Crippen molar-refractivity contribution in [3.63, 3.8) is 0 Å². The molecule has 0 aliphatic rings. The Morgan fingerprint density at radius 1 is 1.37 bits per heavy atom. The quantitative estimate of drug-likeness (QED) is 0.892. The number of aryl methyl sites for hydroxylation is 1. The molecule has 5 nitrogen and oxygen atoms in total. The maximum absolute atomic E-state index is 12.0. The Bertz CT molecular complexity index is 444. The minimum Gasteiger partial charge on any atom is -0.383 e. The summed E-state index contributed by atoms with van der Waals surface area (Å²) in [5, 5.41) is 7.39. The first-order chi connectivity index (χ1) is 8.74. The molecule has 0 bridgehead atoms. The standard InChI is InChI=1S/C14H25N3O2/c1-10-13(15-12(18)9-14(3,4)5)11(2)17(16-10)7-8-19-6/h7-9H2,1-6H3,(H,15,18). The van der Waals surface area contributed by atoms with E-state index in [1.54, 1.807) is 7.11 Å². The molecule has 0 atom stereocenters. The highest BCUT2D eigenvalue weighted by molar-refractivity contribution is 5.92. The van der Waals surface area contributed by atoms with Gasteiger partial charge < -0.3 is 10.1 Å². The Morgan fingerprint density at radius 2 is 2.00 bits per heavy atom. The lowest BCUT2D eigenvalue weighted by Crippen LogP contribution is -2.20. The maximum Gasteiger partial charge on any atom is 0.224 e. The number of ether oxygens (including phenoxy) is 1. The number of carbonyl (C=O) groups excluding carboxylic acids is 1. The average Bonchev–Trinajstić information content (AvgIpc) is 2.51. The van der Waals surface area contributed by atoms with Gasteiger partial charge in [0.15, 0.2) is 0 Å². The van der Waals surface area contributed by atoms with Crippen molar-refractivity contribution in [2.45, 2.75) is 47.6 Å². The first-order valence-electron chi connectivity index (χ1n) is 6.57. The van der Waals surface area contributed by atoms with Gasteiger partial charge in [0.1, 0.15) is 0 Å². The second-order valence-corrected chi connectivity index (χ2v) is 6.05. The van der Waals surface area contributed by atoms with E-state index in [9.17, 15) is 4.79 Å². The lowest BCUT2D eigenvalue weighted by Gasteiger charge is -2.17. The van der Waals surface area contributed by atoms with Gasteiger partial charge in [-0.2, -0.15) is 5.10 Å². The molecule has 1 rings (SSSR count). The highest BCUT2D eigenvalue weighted by Gasteiger charge is 2.19. The number of hydrogen-bond donors (Lipinski definition) is 1. The van der Waals surface area contributed by atoms with Crippen LogP contribution in [0.3, 0.4) is 0 Å². The zero-order chi connectivity index (χ0) is 14.6. The monoisotopic (exact) mass is 267 g/mol. The number of nitrogens with one attached hydrogen (secondary N) is 1. The van der Waals surface area contributed by atoms with Crippen LogP contribution < -0.4 is 5.32 Å². The van der Waals surface area contributed by atoms with Gasteiger partial charge in [0.05, 0.1) is 30.2 Å². The Labute approximate surface area is 115 Å². The third kappa shape index (κ3) is 4.67. The average molecular weight is 267 g/mol. The third-order valence-corrected chi connectivity index (χ3v) is 2.84. The molecule has 0 saturated heterocycles. The van der Waals surface area contributed by atoms with E-state index in [0.717, 1.165) is 17.1 Å². The molecule has 108 valence electrons. The molecule has 1 N–H and O–H groups in total. The first kappa shape index (κ1) is 15.7. The van der Waals surface area contributed by atoms with Crippen molar-refractivity contribution in [2.75, 3.05) is 19.0 Å². The summed E-state index contributed by atoms with van der Waals surface area (Å²) >= 11 is 0. The molecule has 1 amide bonds. The summed E-state index contributed by atoms with van der Waals surface area (Å²) in [6, 6.07) is 0. The van der Waals surface area contributed by atoms with Crippen LogP contribution in [0.2, 0.25) is 0 Å². The molecule has 1 heterocycles. The molecule has 0 saturated carbocycles. The molecule has 0 fully saturated rings. The summed E-state index contributed by atoms with van der Waals surface area (Å²) in [4.78, 5) is 12.0. The first-order valence-corrected chi connectivity index (χ1v) is 6.57. The van der Waals surface area contributed by atoms with Gasteiger partial charge in [-0.1, -0.05) is 20.8 Å². The molecule has 0 aromatic carbocycles. The van der Waals surface area contributed by atoms with Crippen LogP contribution in [0.4, 0.5) is 5.69 Å². The summed E-state index contributed by atoms with van der Waals surface area (Å²) in [5.74, 6) is 0.0324. The van der Waals surface area contributed by atoms with Gasteiger partial charge in [-0.25, -0.2) is 0 Å². The third-order valence-electron chi connectivity index (χ3n) is 2.84. The molecule has 19 heavy (non-hydrogen) atoms. The van der Waals surface area contributed by atoms with E-state index >= 15 is 0 Å². The van der Waals surface area contributed by atoms with Crippen LogP contribution in [0.15, 0.2) is 0 Å². The van der Waals surface area contributed by atoms with Gasteiger partial charge >= 0.3 is 0 Å². The van der Waals surface area contributed by atoms with Crippen LogP contribution in [0.25, 0.3) is 0 Å². The maximum atomic E-state index is 12.0. The molecule has 0 spiro atoms. The Balaban J connectivity index is 2.78. The lowest BCUT2D eigenvalue weighted by molar-refractivity contribution is -0.117. The fraction of sp³-hybridized carbons (Fsp3) is 0.714. The van der Waals surface area contributed by atoms with E-state index in [0.29, 0.717) is 19.6 Å². The number of hydrogen-bond acceptors (Lipinski definition) is 3. The molecule has 5 heteroatoms. The Morgan fingerprint density at radius 3 is 2.53 bits per heavy atom. The van der Waals surface area contributed by atoms with Crippen LogP contribution in [0.5, 0.6) is 0 Å². The topological polar surface area (TPSA) is 56.1 Å². The van der Waals surface area contributed by atoms with E-state index in [-0.39, 0.29) is 11.3 Å². The predicted octanol–water partition coefficient (Wildman–Crippen LogP) is 2.52. The summed E-state index contributed by atoms with van der Waals surface area (Å²) in [6.07, 6.45) is 0.495. The molecule has 0 aliphatic heterocycles. The Kier molecular flexibility index (Phi) is 5.11. The number of carbonyl (C=O) groups is 1. The lowest BCUT2D eigenvalue weighted by atomic mass is 9.92. The van der Waals surface area contributed by atoms with E-state index in [1.165, 1.54) is 0 Å². The molecule has 1 aromatic rings. The van der Waals surface area contributed by atoms with Crippen LogP contribution in [-0.4, -0.2) is 29.4 Å². The summed E-state index contributed by atoms with van der Waals surface area (Å²) in [5.41, 5.74) is 2.62. The Hall–Kier alpha value is -1.36. The van der Waals surface area contributed by atoms with Crippen molar-refractivity contribution >= 4 is 11.6 Å². The normalized spacial score (nSPS) is 11.7. The molecular formula is C14H25N3O2. The van der Waals surface area contributed by atoms with Gasteiger partial charge in [-0.3, -0.25) is 9.48 Å². The van der Waals surface area contributed by atoms with Crippen molar-refractivity contribution in [2.24, 2.45) is 5.41 Å². The highest BCUT2D eigenvalue weighted by atomic mass is 16.5. The zero-order valence-electron chi connectivity index (χ0n) is 12.8. The fourth-order valence-electron chi connectivity index (χ4n) is 1.94. The number of rotatable bonds is 5. The zero-order valence-corrected chi connectivity index (χ0v) is 12.8. The minimum absolute atomic E-state index is 0.0159. The van der Waals surface area contributed by atoms with Crippen molar-refractivity contribution in [1.29, 1.82) is 0 Å². The molecule has 0 unspecified atom stereocenters. The minimum atomic E-state index is -0.0159. The van der Waals surface area contributed by atoms with Gasteiger partial charge in [-0.15, -0.1) is 0 Å². The fourth-order valence-corrected chi connectivity index (χ4v) is 1.94. The largest absolute Gasteiger partial charge is 0.383 e. The van der Waals surface area contributed by atoms with Crippen molar-refractivity contribution in [3.8, 4) is 0 Å². The molecular weight excluding hydrogens is 242 g/mol. The number of aromatic nitrogens is 2. The van der Waals surface area contributed by atoms with E-state index in [1.807, 2.05) is 39.3 Å². The van der Waals surface area contributed by atoms with E-state index < -0.39 is 0 Å². The molecule has 0 aliphatic carbocycles. The molecule has 1 aromatic heterocycles. The smallest absolute Gasteiger partial charge is 0.224 e. The predicted molar refractivity (Wildman–Crippen MR) is 76.3 cm³/mol. The van der Waals surface area contributed by atoms with Crippen LogP contribution in [0.1, 0.15) is 38.6 Å². The summed E-state index contributed by atoms with van der Waals surface area (Å²) in [7, 11) is 1.66. The number of nitrogens with zero attached hydrogens (tertiary/aromatic N) is 2. The summed E-state index contributed by atoms with van der Waals surface area (Å²) < 4.78 is 6.92. The van der Waals surface area contributed by atoms with Gasteiger partial charge in [-0.05, 0) is 19.3 Å².